The molecule has 0 aromatic carbocycles. The summed E-state index contributed by atoms with van der Waals surface area (Å²) >= 11 is 0. The lowest BCUT2D eigenvalue weighted by atomic mass is 10.1. The van der Waals surface area contributed by atoms with E-state index in [1.807, 2.05) is 11.9 Å². The van der Waals surface area contributed by atoms with Gasteiger partial charge in [-0.15, -0.1) is 24.8 Å². The van der Waals surface area contributed by atoms with Crippen LogP contribution in [0.25, 0.3) is 0 Å². The largest absolute Gasteiger partial charge is 0.340 e. The molecule has 7 heteroatoms. The second kappa shape index (κ2) is 9.85. The topological polar surface area (TPSA) is 38.8 Å². The summed E-state index contributed by atoms with van der Waals surface area (Å²) < 4.78 is 0. The number of likely N-dealkylation sites (N-methyl/N-ethyl adjacent to an activating group) is 3. The number of rotatable bonds is 4. The number of halogens is 2. The quantitative estimate of drug-likeness (QED) is 0.816. The minimum atomic E-state index is 0. The Bertz CT molecular complexity index is 313. The molecule has 0 aliphatic carbocycles. The lowest BCUT2D eigenvalue weighted by Gasteiger charge is -2.33. The van der Waals surface area contributed by atoms with Crippen LogP contribution in [0.4, 0.5) is 0 Å². The Balaban J connectivity index is 0.00000200. The molecule has 21 heavy (non-hydrogen) atoms. The SMILES string of the molecule is CN1CCC(N(C)C(=O)CN(C)C2CCNCC2)C1.Cl.Cl. The Morgan fingerprint density at radius 2 is 1.76 bits per heavy atom. The zero-order chi connectivity index (χ0) is 13.8. The van der Waals surface area contributed by atoms with Gasteiger partial charge in [0.25, 0.3) is 0 Å². The molecule has 1 N–H and O–H groups in total. The molecule has 126 valence electrons. The second-order valence-corrected chi connectivity index (χ2v) is 6.11. The van der Waals surface area contributed by atoms with E-state index in [0.717, 1.165) is 45.4 Å². The van der Waals surface area contributed by atoms with Gasteiger partial charge in [-0.05, 0) is 53.0 Å². The Morgan fingerprint density at radius 1 is 1.14 bits per heavy atom. The van der Waals surface area contributed by atoms with Crippen LogP contribution in [-0.2, 0) is 4.79 Å². The summed E-state index contributed by atoms with van der Waals surface area (Å²) in [5.74, 6) is 0.265. The number of likely N-dealkylation sites (tertiary alicyclic amines) is 1. The molecule has 0 aromatic heterocycles. The third kappa shape index (κ3) is 5.91. The van der Waals surface area contributed by atoms with E-state index < -0.39 is 0 Å². The Hall–Kier alpha value is -0.0700. The first-order chi connectivity index (χ1) is 9.08. The molecule has 0 bridgehead atoms. The van der Waals surface area contributed by atoms with Gasteiger partial charge in [0.05, 0.1) is 6.54 Å². The number of carbonyl (C=O) groups excluding carboxylic acids is 1. The molecule has 5 nitrogen and oxygen atoms in total. The van der Waals surface area contributed by atoms with Gasteiger partial charge in [0.1, 0.15) is 0 Å². The van der Waals surface area contributed by atoms with Crippen LogP contribution >= 0.6 is 24.8 Å². The number of hydrogen-bond donors (Lipinski definition) is 1. The van der Waals surface area contributed by atoms with E-state index in [4.69, 9.17) is 0 Å². The van der Waals surface area contributed by atoms with Crippen LogP contribution in [0.5, 0.6) is 0 Å². The summed E-state index contributed by atoms with van der Waals surface area (Å²) in [6.45, 7) is 4.83. The van der Waals surface area contributed by atoms with E-state index >= 15 is 0 Å². The molecule has 0 aromatic rings. The molecule has 2 fully saturated rings. The van der Waals surface area contributed by atoms with Gasteiger partial charge in [0, 0.05) is 25.7 Å². The molecular formula is C14H30Cl2N4O. The molecule has 1 atom stereocenters. The van der Waals surface area contributed by atoms with E-state index in [1.54, 1.807) is 0 Å². The number of hydrogen-bond acceptors (Lipinski definition) is 4. The van der Waals surface area contributed by atoms with E-state index in [2.05, 4.69) is 29.2 Å². The van der Waals surface area contributed by atoms with Crippen LogP contribution < -0.4 is 5.32 Å². The smallest absolute Gasteiger partial charge is 0.236 e. The molecule has 2 aliphatic rings. The van der Waals surface area contributed by atoms with Crippen LogP contribution in [0.3, 0.4) is 0 Å². The van der Waals surface area contributed by atoms with Gasteiger partial charge in [0.15, 0.2) is 0 Å². The minimum absolute atomic E-state index is 0. The van der Waals surface area contributed by atoms with Crippen molar-refractivity contribution in [2.45, 2.75) is 31.3 Å². The third-order valence-electron chi connectivity index (χ3n) is 4.62. The number of amides is 1. The average molecular weight is 341 g/mol. The first-order valence-corrected chi connectivity index (χ1v) is 7.43. The first kappa shape index (κ1) is 20.9. The Morgan fingerprint density at radius 3 is 2.29 bits per heavy atom. The lowest BCUT2D eigenvalue weighted by molar-refractivity contribution is -0.133. The van der Waals surface area contributed by atoms with E-state index in [0.29, 0.717) is 18.6 Å². The number of carbonyl (C=O) groups is 1. The molecule has 1 amide bonds. The highest BCUT2D eigenvalue weighted by molar-refractivity contribution is 5.85. The van der Waals surface area contributed by atoms with Crippen LogP contribution in [-0.4, -0.2) is 86.6 Å². The van der Waals surface area contributed by atoms with Crippen molar-refractivity contribution in [2.75, 3.05) is 53.9 Å². The van der Waals surface area contributed by atoms with Crippen molar-refractivity contribution in [1.82, 2.24) is 20.0 Å². The van der Waals surface area contributed by atoms with Crippen molar-refractivity contribution in [3.8, 4) is 0 Å². The average Bonchev–Trinajstić information content (AvgIpc) is 2.85. The summed E-state index contributed by atoms with van der Waals surface area (Å²) in [6.07, 6.45) is 3.41. The fourth-order valence-electron chi connectivity index (χ4n) is 3.13. The zero-order valence-corrected chi connectivity index (χ0v) is 15.0. The molecule has 2 saturated heterocycles. The van der Waals surface area contributed by atoms with Crippen molar-refractivity contribution in [1.29, 1.82) is 0 Å². The van der Waals surface area contributed by atoms with Crippen molar-refractivity contribution in [2.24, 2.45) is 0 Å². The molecular weight excluding hydrogens is 311 g/mol. The number of nitrogens with one attached hydrogen (secondary N) is 1. The predicted molar refractivity (Wildman–Crippen MR) is 91.7 cm³/mol. The zero-order valence-electron chi connectivity index (χ0n) is 13.4. The van der Waals surface area contributed by atoms with E-state index in [9.17, 15) is 4.79 Å². The standard InChI is InChI=1S/C14H28N4O.2ClH/c1-16-9-6-13(10-16)18(3)14(19)11-17(2)12-4-7-15-8-5-12;;/h12-13,15H,4-11H2,1-3H3;2*1H. The highest BCUT2D eigenvalue weighted by Gasteiger charge is 2.28. The summed E-state index contributed by atoms with van der Waals surface area (Å²) in [5.41, 5.74) is 0. The van der Waals surface area contributed by atoms with Crippen molar-refractivity contribution < 1.29 is 4.79 Å². The molecule has 2 aliphatic heterocycles. The monoisotopic (exact) mass is 340 g/mol. The maximum absolute atomic E-state index is 12.3. The fraction of sp³-hybridized carbons (Fsp3) is 0.929. The highest BCUT2D eigenvalue weighted by atomic mass is 35.5. The number of piperidine rings is 1. The van der Waals surface area contributed by atoms with Gasteiger partial charge < -0.3 is 15.1 Å². The molecule has 1 unspecified atom stereocenters. The first-order valence-electron chi connectivity index (χ1n) is 7.43. The second-order valence-electron chi connectivity index (χ2n) is 6.11. The predicted octanol–water partition coefficient (Wildman–Crippen LogP) is 0.676. The highest BCUT2D eigenvalue weighted by Crippen LogP contribution is 2.14. The molecule has 0 saturated carbocycles. The molecule has 0 radical (unpaired) electrons. The van der Waals surface area contributed by atoms with Crippen LogP contribution in [0, 0.1) is 0 Å². The fourth-order valence-corrected chi connectivity index (χ4v) is 3.13. The van der Waals surface area contributed by atoms with Crippen LogP contribution in [0.1, 0.15) is 19.3 Å². The Labute approximate surface area is 141 Å². The maximum Gasteiger partial charge on any atom is 0.236 e. The molecule has 2 rings (SSSR count). The van der Waals surface area contributed by atoms with Gasteiger partial charge >= 0.3 is 0 Å². The Kier molecular flexibility index (Phi) is 9.81. The molecule has 2 heterocycles. The minimum Gasteiger partial charge on any atom is -0.340 e. The molecule has 0 spiro atoms. The van der Waals surface area contributed by atoms with E-state index in [1.165, 1.54) is 0 Å². The third-order valence-corrected chi connectivity index (χ3v) is 4.62. The van der Waals surface area contributed by atoms with Gasteiger partial charge in [-0.2, -0.15) is 0 Å². The van der Waals surface area contributed by atoms with Crippen molar-refractivity contribution in [3.05, 3.63) is 0 Å². The van der Waals surface area contributed by atoms with Gasteiger partial charge in [-0.1, -0.05) is 0 Å². The number of nitrogens with zero attached hydrogens (tertiary/aromatic N) is 3. The van der Waals surface area contributed by atoms with Crippen molar-refractivity contribution in [3.63, 3.8) is 0 Å². The lowest BCUT2D eigenvalue weighted by Crippen LogP contribution is -2.48. The van der Waals surface area contributed by atoms with Gasteiger partial charge in [0.2, 0.25) is 5.91 Å². The summed E-state index contributed by atoms with van der Waals surface area (Å²) in [4.78, 5) is 18.8. The van der Waals surface area contributed by atoms with Gasteiger partial charge in [-0.3, -0.25) is 9.69 Å². The van der Waals surface area contributed by atoms with E-state index in [-0.39, 0.29) is 30.7 Å². The van der Waals surface area contributed by atoms with Crippen LogP contribution in [0.15, 0.2) is 0 Å². The normalized spacial score (nSPS) is 23.5. The summed E-state index contributed by atoms with van der Waals surface area (Å²) in [7, 11) is 6.17. The summed E-state index contributed by atoms with van der Waals surface area (Å²) in [6, 6.07) is 0.962. The summed E-state index contributed by atoms with van der Waals surface area (Å²) in [5, 5.41) is 3.37. The van der Waals surface area contributed by atoms with Crippen LogP contribution in [0.2, 0.25) is 0 Å². The van der Waals surface area contributed by atoms with Crippen molar-refractivity contribution >= 4 is 30.7 Å². The maximum atomic E-state index is 12.3. The van der Waals surface area contributed by atoms with Gasteiger partial charge in [-0.25, -0.2) is 0 Å².